The quantitative estimate of drug-likeness (QED) is 0.308. The fourth-order valence-electron chi connectivity index (χ4n) is 3.85. The number of aryl methyl sites for hydroxylation is 1. The van der Waals surface area contributed by atoms with Crippen LogP contribution in [-0.2, 0) is 6.42 Å². The smallest absolute Gasteiger partial charge is 0.190 e. The fourth-order valence-corrected chi connectivity index (χ4v) is 3.85. The molecule has 0 aliphatic rings. The summed E-state index contributed by atoms with van der Waals surface area (Å²) in [4.78, 5) is 0. The van der Waals surface area contributed by atoms with Gasteiger partial charge in [-0.05, 0) is 70.1 Å². The van der Waals surface area contributed by atoms with E-state index in [-0.39, 0.29) is 11.1 Å². The van der Waals surface area contributed by atoms with E-state index < -0.39 is 23.2 Å². The Kier molecular flexibility index (Phi) is 5.99. The molecule has 4 heteroatoms. The maximum Gasteiger partial charge on any atom is 0.190 e. The molecule has 0 spiro atoms. The molecule has 0 N–H and O–H groups in total. The zero-order chi connectivity index (χ0) is 22.0. The van der Waals surface area contributed by atoms with E-state index in [0.29, 0.717) is 5.56 Å². The van der Waals surface area contributed by atoms with Crippen molar-refractivity contribution in [2.24, 2.45) is 0 Å². The summed E-state index contributed by atoms with van der Waals surface area (Å²) in [6.45, 7) is 2.18. The van der Waals surface area contributed by atoms with Crippen molar-refractivity contribution in [3.63, 3.8) is 0 Å². The van der Waals surface area contributed by atoms with Gasteiger partial charge in [0, 0.05) is 5.56 Å². The Morgan fingerprint density at radius 2 is 1.29 bits per heavy atom. The second-order valence-corrected chi connectivity index (χ2v) is 7.67. The number of methoxy groups -OCH3 is 1. The SMILES string of the molecule is CCCCc1ccc2cc(-c3ccc(-c4cc(F)c(OC)c(F)c4)c(F)c3)ccc2c1. The Hall–Kier alpha value is -3.27. The Morgan fingerprint density at radius 1 is 0.677 bits per heavy atom. The number of unbranched alkanes of at least 4 members (excludes halogenated alkanes) is 1. The van der Waals surface area contributed by atoms with Crippen molar-refractivity contribution in [3.05, 3.63) is 89.7 Å². The second kappa shape index (κ2) is 8.84. The number of benzene rings is 4. The Bertz CT molecular complexity index is 1220. The molecule has 0 aliphatic heterocycles. The van der Waals surface area contributed by atoms with E-state index >= 15 is 0 Å². The molecule has 158 valence electrons. The summed E-state index contributed by atoms with van der Waals surface area (Å²) in [6, 6.07) is 19.3. The summed E-state index contributed by atoms with van der Waals surface area (Å²) in [5.74, 6) is -2.76. The summed E-state index contributed by atoms with van der Waals surface area (Å²) in [5.41, 5.74) is 3.15. The molecule has 4 rings (SSSR count). The van der Waals surface area contributed by atoms with Crippen LogP contribution in [0.25, 0.3) is 33.0 Å². The van der Waals surface area contributed by atoms with Crippen molar-refractivity contribution >= 4 is 10.8 Å². The average Bonchev–Trinajstić information content (AvgIpc) is 2.77. The molecule has 0 fully saturated rings. The van der Waals surface area contributed by atoms with Gasteiger partial charge in [0.1, 0.15) is 5.82 Å². The summed E-state index contributed by atoms with van der Waals surface area (Å²) in [6.07, 6.45) is 3.39. The highest BCUT2D eigenvalue weighted by Crippen LogP contribution is 2.33. The third-order valence-electron chi connectivity index (χ3n) is 5.54. The normalized spacial score (nSPS) is 11.1. The standard InChI is InChI=1S/C27H23F3O/c1-3-4-5-17-6-7-19-13-20(9-8-18(19)12-17)21-10-11-23(24(28)14-21)22-15-25(29)27(31-2)26(30)16-22/h6-16H,3-5H2,1-2H3. The summed E-state index contributed by atoms with van der Waals surface area (Å²) in [7, 11) is 1.19. The first-order valence-electron chi connectivity index (χ1n) is 10.4. The van der Waals surface area contributed by atoms with Gasteiger partial charge in [0.25, 0.3) is 0 Å². The molecule has 0 radical (unpaired) electrons. The maximum atomic E-state index is 14.9. The highest BCUT2D eigenvalue weighted by molar-refractivity contribution is 5.88. The molecule has 1 nitrogen and oxygen atoms in total. The van der Waals surface area contributed by atoms with E-state index in [1.807, 2.05) is 18.2 Å². The van der Waals surface area contributed by atoms with Crippen molar-refractivity contribution in [2.75, 3.05) is 7.11 Å². The van der Waals surface area contributed by atoms with Crippen LogP contribution in [0.2, 0.25) is 0 Å². The molecule has 0 aliphatic carbocycles. The third kappa shape index (κ3) is 4.29. The van der Waals surface area contributed by atoms with Gasteiger partial charge < -0.3 is 4.74 Å². The zero-order valence-corrected chi connectivity index (χ0v) is 17.5. The highest BCUT2D eigenvalue weighted by atomic mass is 19.1. The van der Waals surface area contributed by atoms with Crippen LogP contribution in [0, 0.1) is 17.5 Å². The van der Waals surface area contributed by atoms with Crippen molar-refractivity contribution in [1.82, 2.24) is 0 Å². The number of ether oxygens (including phenoxy) is 1. The van der Waals surface area contributed by atoms with E-state index in [0.717, 1.165) is 47.7 Å². The van der Waals surface area contributed by atoms with Gasteiger partial charge in [-0.15, -0.1) is 0 Å². The van der Waals surface area contributed by atoms with Gasteiger partial charge in [-0.25, -0.2) is 13.2 Å². The van der Waals surface area contributed by atoms with Crippen LogP contribution in [0.1, 0.15) is 25.3 Å². The maximum absolute atomic E-state index is 14.9. The molecule has 0 saturated heterocycles. The predicted molar refractivity (Wildman–Crippen MR) is 120 cm³/mol. The van der Waals surface area contributed by atoms with Crippen LogP contribution in [-0.4, -0.2) is 7.11 Å². The van der Waals surface area contributed by atoms with Crippen LogP contribution in [0.4, 0.5) is 13.2 Å². The first kappa shape index (κ1) is 21.0. The lowest BCUT2D eigenvalue weighted by Gasteiger charge is -2.10. The minimum absolute atomic E-state index is 0.123. The minimum atomic E-state index is -0.867. The molecule has 4 aromatic rings. The molecule has 0 saturated carbocycles. The third-order valence-corrected chi connectivity index (χ3v) is 5.54. The fraction of sp³-hybridized carbons (Fsp3) is 0.185. The number of hydrogen-bond donors (Lipinski definition) is 0. The molecular weight excluding hydrogens is 397 g/mol. The van der Waals surface area contributed by atoms with E-state index in [2.05, 4.69) is 25.1 Å². The van der Waals surface area contributed by atoms with Crippen molar-refractivity contribution in [1.29, 1.82) is 0 Å². The molecule has 0 heterocycles. The molecule has 0 atom stereocenters. The summed E-state index contributed by atoms with van der Waals surface area (Å²) in [5, 5.41) is 2.24. The Balaban J connectivity index is 1.67. The van der Waals surface area contributed by atoms with Gasteiger partial charge >= 0.3 is 0 Å². The summed E-state index contributed by atoms with van der Waals surface area (Å²) < 4.78 is 47.6. The first-order chi connectivity index (χ1) is 15.0. The molecule has 0 bridgehead atoms. The second-order valence-electron chi connectivity index (χ2n) is 7.67. The van der Waals surface area contributed by atoms with Gasteiger partial charge in [0.05, 0.1) is 7.11 Å². The highest BCUT2D eigenvalue weighted by Gasteiger charge is 2.15. The van der Waals surface area contributed by atoms with Crippen molar-refractivity contribution in [3.8, 4) is 28.0 Å². The summed E-state index contributed by atoms with van der Waals surface area (Å²) >= 11 is 0. The largest absolute Gasteiger partial charge is 0.491 e. The van der Waals surface area contributed by atoms with Crippen molar-refractivity contribution < 1.29 is 17.9 Å². The Morgan fingerprint density at radius 3 is 1.97 bits per heavy atom. The van der Waals surface area contributed by atoms with Crippen LogP contribution in [0.3, 0.4) is 0 Å². The lowest BCUT2D eigenvalue weighted by Crippen LogP contribution is -1.95. The molecule has 4 aromatic carbocycles. The number of hydrogen-bond acceptors (Lipinski definition) is 1. The topological polar surface area (TPSA) is 9.23 Å². The van der Waals surface area contributed by atoms with E-state index in [1.54, 1.807) is 12.1 Å². The van der Waals surface area contributed by atoms with E-state index in [9.17, 15) is 13.2 Å². The van der Waals surface area contributed by atoms with Gasteiger partial charge in [-0.3, -0.25) is 0 Å². The molecule has 0 aromatic heterocycles. The lowest BCUT2D eigenvalue weighted by molar-refractivity contribution is 0.360. The lowest BCUT2D eigenvalue weighted by atomic mass is 9.96. The number of halogens is 3. The monoisotopic (exact) mass is 420 g/mol. The Labute approximate surface area is 180 Å². The van der Waals surface area contributed by atoms with Crippen LogP contribution in [0.5, 0.6) is 5.75 Å². The van der Waals surface area contributed by atoms with Crippen LogP contribution in [0.15, 0.2) is 66.7 Å². The zero-order valence-electron chi connectivity index (χ0n) is 17.5. The van der Waals surface area contributed by atoms with Crippen LogP contribution < -0.4 is 4.74 Å². The van der Waals surface area contributed by atoms with Gasteiger partial charge in [0.2, 0.25) is 0 Å². The average molecular weight is 420 g/mol. The molecule has 0 unspecified atom stereocenters. The molecular formula is C27H23F3O. The number of rotatable bonds is 6. The van der Waals surface area contributed by atoms with E-state index in [4.69, 9.17) is 4.74 Å². The first-order valence-corrected chi connectivity index (χ1v) is 10.4. The van der Waals surface area contributed by atoms with Gasteiger partial charge in [-0.1, -0.05) is 55.8 Å². The predicted octanol–water partition coefficient (Wildman–Crippen LogP) is 7.94. The number of fused-ring (bicyclic) bond motifs is 1. The van der Waals surface area contributed by atoms with Crippen LogP contribution >= 0.6 is 0 Å². The van der Waals surface area contributed by atoms with Crippen molar-refractivity contribution in [2.45, 2.75) is 26.2 Å². The minimum Gasteiger partial charge on any atom is -0.491 e. The van der Waals surface area contributed by atoms with E-state index in [1.165, 1.54) is 18.7 Å². The van der Waals surface area contributed by atoms with Gasteiger partial charge in [-0.2, -0.15) is 0 Å². The van der Waals surface area contributed by atoms with Gasteiger partial charge in [0.15, 0.2) is 17.4 Å². The molecule has 31 heavy (non-hydrogen) atoms. The molecule has 0 amide bonds.